The highest BCUT2D eigenvalue weighted by atomic mass is 32.2. The summed E-state index contributed by atoms with van der Waals surface area (Å²) >= 11 is 0. The van der Waals surface area contributed by atoms with Crippen molar-refractivity contribution in [2.45, 2.75) is 17.3 Å². The molecule has 146 valence electrons. The molecule has 0 unspecified atom stereocenters. The molecule has 7 nitrogen and oxygen atoms in total. The van der Waals surface area contributed by atoms with Gasteiger partial charge in [-0.1, -0.05) is 30.3 Å². The molecule has 0 aliphatic carbocycles. The van der Waals surface area contributed by atoms with Crippen molar-refractivity contribution in [3.05, 3.63) is 71.7 Å². The van der Waals surface area contributed by atoms with Crippen molar-refractivity contribution in [2.24, 2.45) is 0 Å². The zero-order chi connectivity index (χ0) is 20.3. The van der Waals surface area contributed by atoms with E-state index in [1.54, 1.807) is 18.2 Å². The van der Waals surface area contributed by atoms with Gasteiger partial charge >= 0.3 is 5.97 Å². The highest BCUT2D eigenvalue weighted by Crippen LogP contribution is 2.38. The number of phenols is 1. The Hall–Kier alpha value is -3.10. The molecule has 0 aliphatic rings. The summed E-state index contributed by atoms with van der Waals surface area (Å²) in [6.45, 7) is -0.403. The average molecular weight is 402 g/mol. The molecular weight excluding hydrogens is 384 g/mol. The van der Waals surface area contributed by atoms with Crippen molar-refractivity contribution in [1.29, 1.82) is 0 Å². The highest BCUT2D eigenvalue weighted by molar-refractivity contribution is 7.90. The Labute approximate surface area is 161 Å². The van der Waals surface area contributed by atoms with Crippen LogP contribution in [0.1, 0.15) is 21.7 Å². The Morgan fingerprint density at radius 1 is 1.07 bits per heavy atom. The van der Waals surface area contributed by atoms with Crippen molar-refractivity contribution in [3.63, 3.8) is 0 Å². The summed E-state index contributed by atoms with van der Waals surface area (Å²) in [6.07, 6.45) is 1.34. The van der Waals surface area contributed by atoms with Crippen molar-refractivity contribution in [3.8, 4) is 16.9 Å². The minimum absolute atomic E-state index is 0.103. The Morgan fingerprint density at radius 3 is 2.43 bits per heavy atom. The van der Waals surface area contributed by atoms with Gasteiger partial charge in [-0.05, 0) is 23.8 Å². The first kappa shape index (κ1) is 19.7. The van der Waals surface area contributed by atoms with Crippen LogP contribution in [0.5, 0.6) is 5.75 Å². The number of benzene rings is 2. The Morgan fingerprint density at radius 2 is 1.79 bits per heavy atom. The van der Waals surface area contributed by atoms with Gasteiger partial charge < -0.3 is 19.4 Å². The SMILES string of the molecule is COC(=O)c1c(CS(=O)(=O)c2ccccc2)ccc(-c2ccoc2CO)c1O. The van der Waals surface area contributed by atoms with Crippen LogP contribution in [0.3, 0.4) is 0 Å². The number of sulfone groups is 1. The van der Waals surface area contributed by atoms with E-state index in [1.165, 1.54) is 36.6 Å². The number of hydrogen-bond acceptors (Lipinski definition) is 7. The number of phenolic OH excluding ortho intramolecular Hbond substituents is 1. The lowest BCUT2D eigenvalue weighted by Gasteiger charge is -2.14. The van der Waals surface area contributed by atoms with E-state index in [2.05, 4.69) is 0 Å². The van der Waals surface area contributed by atoms with Gasteiger partial charge in [0.25, 0.3) is 0 Å². The number of rotatable bonds is 6. The zero-order valence-electron chi connectivity index (χ0n) is 15.0. The molecule has 0 atom stereocenters. The number of aliphatic hydroxyl groups is 1. The summed E-state index contributed by atoms with van der Waals surface area (Å²) in [5.74, 6) is -1.60. The number of methoxy groups -OCH3 is 1. The van der Waals surface area contributed by atoms with Crippen LogP contribution in [0.2, 0.25) is 0 Å². The van der Waals surface area contributed by atoms with E-state index >= 15 is 0 Å². The number of furan rings is 1. The smallest absolute Gasteiger partial charge is 0.341 e. The van der Waals surface area contributed by atoms with E-state index in [9.17, 15) is 23.4 Å². The summed E-state index contributed by atoms with van der Waals surface area (Å²) < 4.78 is 35.3. The first-order valence-electron chi connectivity index (χ1n) is 8.27. The standard InChI is InChI=1S/C20H18O7S/c1-26-20(23)18-13(12-28(24,25)14-5-3-2-4-6-14)7-8-16(19(18)22)15-9-10-27-17(15)11-21/h2-10,21-22H,11-12H2,1H3. The van der Waals surface area contributed by atoms with Crippen molar-refractivity contribution < 1.29 is 32.6 Å². The average Bonchev–Trinajstić information content (AvgIpc) is 3.16. The normalized spacial score (nSPS) is 11.4. The van der Waals surface area contributed by atoms with Crippen LogP contribution in [-0.4, -0.2) is 31.7 Å². The zero-order valence-corrected chi connectivity index (χ0v) is 15.8. The minimum Gasteiger partial charge on any atom is -0.506 e. The Kier molecular flexibility index (Phi) is 5.53. The van der Waals surface area contributed by atoms with Gasteiger partial charge in [-0.2, -0.15) is 0 Å². The van der Waals surface area contributed by atoms with Gasteiger partial charge in [-0.15, -0.1) is 0 Å². The highest BCUT2D eigenvalue weighted by Gasteiger charge is 2.26. The summed E-state index contributed by atoms with van der Waals surface area (Å²) in [6, 6.07) is 12.3. The maximum Gasteiger partial charge on any atom is 0.341 e. The van der Waals surface area contributed by atoms with E-state index in [0.717, 1.165) is 7.11 Å². The van der Waals surface area contributed by atoms with Crippen LogP contribution in [0.15, 0.2) is 64.1 Å². The number of esters is 1. The molecule has 8 heteroatoms. The van der Waals surface area contributed by atoms with Crippen molar-refractivity contribution >= 4 is 15.8 Å². The third kappa shape index (κ3) is 3.64. The van der Waals surface area contributed by atoms with Gasteiger partial charge in [0.1, 0.15) is 23.7 Å². The number of carbonyl (C=O) groups excluding carboxylic acids is 1. The fourth-order valence-electron chi connectivity index (χ4n) is 2.92. The molecule has 28 heavy (non-hydrogen) atoms. The quantitative estimate of drug-likeness (QED) is 0.609. The van der Waals surface area contributed by atoms with Crippen LogP contribution in [0.4, 0.5) is 0 Å². The number of aliphatic hydroxyl groups excluding tert-OH is 1. The molecule has 2 N–H and O–H groups in total. The molecule has 0 fully saturated rings. The van der Waals surface area contributed by atoms with Crippen LogP contribution in [-0.2, 0) is 26.9 Å². The summed E-state index contributed by atoms with van der Waals surface area (Å²) in [4.78, 5) is 12.4. The third-order valence-corrected chi connectivity index (χ3v) is 5.96. The Bertz CT molecular complexity index is 1100. The van der Waals surface area contributed by atoms with Gasteiger partial charge in [0.2, 0.25) is 0 Å². The molecule has 0 amide bonds. The molecule has 0 saturated heterocycles. The summed E-state index contributed by atoms with van der Waals surface area (Å²) in [7, 11) is -2.61. The number of hydrogen-bond donors (Lipinski definition) is 2. The largest absolute Gasteiger partial charge is 0.506 e. The van der Waals surface area contributed by atoms with Gasteiger partial charge in [-0.25, -0.2) is 13.2 Å². The first-order chi connectivity index (χ1) is 13.4. The second-order valence-corrected chi connectivity index (χ2v) is 7.96. The van der Waals surface area contributed by atoms with Crippen molar-refractivity contribution in [1.82, 2.24) is 0 Å². The van der Waals surface area contributed by atoms with Crippen LogP contribution >= 0.6 is 0 Å². The lowest BCUT2D eigenvalue weighted by atomic mass is 9.98. The number of carbonyl (C=O) groups is 1. The molecular formula is C20H18O7S. The second-order valence-electron chi connectivity index (χ2n) is 5.98. The monoisotopic (exact) mass is 402 g/mol. The van der Waals surface area contributed by atoms with Gasteiger partial charge in [0, 0.05) is 11.1 Å². The molecule has 3 rings (SSSR count). The predicted molar refractivity (Wildman–Crippen MR) is 100 cm³/mol. The molecule has 0 aliphatic heterocycles. The van der Waals surface area contributed by atoms with Gasteiger partial charge in [-0.3, -0.25) is 0 Å². The molecule has 1 aromatic heterocycles. The summed E-state index contributed by atoms with van der Waals surface area (Å²) in [5.41, 5.74) is 0.470. The fourth-order valence-corrected chi connectivity index (χ4v) is 4.31. The van der Waals surface area contributed by atoms with Gasteiger partial charge in [0.15, 0.2) is 9.84 Å². The lowest BCUT2D eigenvalue weighted by Crippen LogP contribution is -2.12. The van der Waals surface area contributed by atoms with Crippen LogP contribution in [0, 0.1) is 0 Å². The van der Waals surface area contributed by atoms with E-state index in [-0.39, 0.29) is 27.3 Å². The van der Waals surface area contributed by atoms with Crippen LogP contribution < -0.4 is 0 Å². The minimum atomic E-state index is -3.75. The van der Waals surface area contributed by atoms with E-state index in [1.807, 2.05) is 0 Å². The second kappa shape index (κ2) is 7.87. The number of aromatic hydroxyl groups is 1. The Balaban J connectivity index is 2.12. The first-order valence-corrected chi connectivity index (χ1v) is 9.93. The fraction of sp³-hybridized carbons (Fsp3) is 0.150. The molecule has 0 radical (unpaired) electrons. The molecule has 3 aromatic rings. The molecule has 2 aromatic carbocycles. The lowest BCUT2D eigenvalue weighted by molar-refractivity contribution is 0.0596. The van der Waals surface area contributed by atoms with E-state index < -0.39 is 33.9 Å². The predicted octanol–water partition coefficient (Wildman–Crippen LogP) is 2.91. The third-order valence-electron chi connectivity index (χ3n) is 4.28. The van der Waals surface area contributed by atoms with Gasteiger partial charge in [0.05, 0.1) is 24.0 Å². The number of ether oxygens (including phenoxy) is 1. The molecule has 0 saturated carbocycles. The topological polar surface area (TPSA) is 114 Å². The molecule has 1 heterocycles. The van der Waals surface area contributed by atoms with Crippen LogP contribution in [0.25, 0.3) is 11.1 Å². The summed E-state index contributed by atoms with van der Waals surface area (Å²) in [5, 5.41) is 20.1. The molecule has 0 spiro atoms. The van der Waals surface area contributed by atoms with E-state index in [0.29, 0.717) is 5.56 Å². The maximum absolute atomic E-state index is 12.7. The maximum atomic E-state index is 12.7. The van der Waals surface area contributed by atoms with Crippen molar-refractivity contribution in [2.75, 3.05) is 7.11 Å². The molecule has 0 bridgehead atoms. The van der Waals surface area contributed by atoms with E-state index in [4.69, 9.17) is 9.15 Å².